The van der Waals surface area contributed by atoms with Crippen LogP contribution in [0, 0.1) is 6.08 Å². The number of carbonyl (C=O) groups is 1. The molecule has 0 saturated heterocycles. The normalized spacial score (nSPS) is 16.2. The fourth-order valence-corrected chi connectivity index (χ4v) is 5.02. The Labute approximate surface area is 206 Å². The standard InChI is InChI=1S/C25H27FN6O2S/c1-13-10-27-20-19-15-6-9-18(30-16(15)7-8-17(19)35-21(20)22(33)29-13)34-23-14(11-28-24(26)31-23)12-32(5)25(2,3)4/h6-9,11,13,27H,10,12H2,1-5H3,(H,29,33)/t13-/m0/s1. The summed E-state index contributed by atoms with van der Waals surface area (Å²) in [5, 5.41) is 8.30. The van der Waals surface area contributed by atoms with Crippen LogP contribution in [0.15, 0.2) is 30.5 Å². The minimum absolute atomic E-state index is 0.0324. The van der Waals surface area contributed by atoms with E-state index < -0.39 is 6.08 Å². The van der Waals surface area contributed by atoms with E-state index in [4.69, 9.17) is 4.74 Å². The summed E-state index contributed by atoms with van der Waals surface area (Å²) >= 11 is 1.46. The van der Waals surface area contributed by atoms with Gasteiger partial charge in [-0.2, -0.15) is 9.37 Å². The highest BCUT2D eigenvalue weighted by Crippen LogP contribution is 2.41. The summed E-state index contributed by atoms with van der Waals surface area (Å²) in [6.45, 7) is 9.37. The number of aromatic nitrogens is 3. The van der Waals surface area contributed by atoms with Crippen molar-refractivity contribution in [1.29, 1.82) is 0 Å². The number of anilines is 1. The molecule has 2 N–H and O–H groups in total. The van der Waals surface area contributed by atoms with Gasteiger partial charge in [-0.15, -0.1) is 11.3 Å². The van der Waals surface area contributed by atoms with Crippen molar-refractivity contribution in [1.82, 2.24) is 25.2 Å². The topological polar surface area (TPSA) is 92.3 Å². The van der Waals surface area contributed by atoms with Crippen molar-refractivity contribution in [2.24, 2.45) is 0 Å². The summed E-state index contributed by atoms with van der Waals surface area (Å²) in [6, 6.07) is 7.54. The Balaban J connectivity index is 1.52. The van der Waals surface area contributed by atoms with Gasteiger partial charge in [0.1, 0.15) is 4.88 Å². The van der Waals surface area contributed by atoms with Crippen LogP contribution in [-0.2, 0) is 6.54 Å². The zero-order valence-corrected chi connectivity index (χ0v) is 21.1. The van der Waals surface area contributed by atoms with E-state index in [1.165, 1.54) is 17.5 Å². The summed E-state index contributed by atoms with van der Waals surface area (Å²) in [7, 11) is 1.98. The number of carbonyl (C=O) groups excluding carboxylic acids is 1. The molecular weight excluding hydrogens is 467 g/mol. The quantitative estimate of drug-likeness (QED) is 0.388. The van der Waals surface area contributed by atoms with Crippen molar-refractivity contribution in [2.75, 3.05) is 18.9 Å². The minimum Gasteiger partial charge on any atom is -0.420 e. The Morgan fingerprint density at radius 3 is 2.80 bits per heavy atom. The van der Waals surface area contributed by atoms with Crippen LogP contribution < -0.4 is 15.4 Å². The zero-order valence-electron chi connectivity index (χ0n) is 20.3. The van der Waals surface area contributed by atoms with Gasteiger partial charge in [0.2, 0.25) is 11.8 Å². The Bertz CT molecular complexity index is 1450. The number of nitrogens with zero attached hydrogens (tertiary/aromatic N) is 4. The Hall–Kier alpha value is -3.37. The number of fused-ring (bicyclic) bond motifs is 5. The van der Waals surface area contributed by atoms with Gasteiger partial charge in [-0.25, -0.2) is 9.97 Å². The monoisotopic (exact) mass is 494 g/mol. The third-order valence-corrected chi connectivity index (χ3v) is 7.37. The third-order valence-electron chi connectivity index (χ3n) is 6.21. The van der Waals surface area contributed by atoms with Crippen LogP contribution >= 0.6 is 11.3 Å². The second-order valence-corrected chi connectivity index (χ2v) is 10.9. The molecule has 182 valence electrons. The molecule has 0 bridgehead atoms. The van der Waals surface area contributed by atoms with Crippen molar-refractivity contribution in [3.8, 4) is 11.8 Å². The predicted octanol–water partition coefficient (Wildman–Crippen LogP) is 4.95. The van der Waals surface area contributed by atoms with Crippen molar-refractivity contribution < 1.29 is 13.9 Å². The molecule has 5 rings (SSSR count). The van der Waals surface area contributed by atoms with Gasteiger partial charge in [0.15, 0.2) is 0 Å². The van der Waals surface area contributed by atoms with E-state index in [0.717, 1.165) is 21.2 Å². The lowest BCUT2D eigenvalue weighted by Gasteiger charge is -2.31. The second kappa shape index (κ2) is 8.69. The zero-order chi connectivity index (χ0) is 24.9. The smallest absolute Gasteiger partial charge is 0.311 e. The van der Waals surface area contributed by atoms with E-state index >= 15 is 0 Å². The lowest BCUT2D eigenvalue weighted by molar-refractivity contribution is 0.0949. The van der Waals surface area contributed by atoms with Crippen molar-refractivity contribution >= 4 is 43.9 Å². The van der Waals surface area contributed by atoms with E-state index in [1.807, 2.05) is 32.2 Å². The molecule has 35 heavy (non-hydrogen) atoms. The highest BCUT2D eigenvalue weighted by atomic mass is 32.1. The fraction of sp³-hybridized carbons (Fsp3) is 0.360. The maximum atomic E-state index is 13.9. The SMILES string of the molecule is C[C@H]1CNc2c(sc3ccc4nc(Oc5nc(F)ncc5CN(C)C(C)(C)C)ccc4c23)C(=O)N1. The fourth-order valence-electron chi connectivity index (χ4n) is 3.92. The summed E-state index contributed by atoms with van der Waals surface area (Å²) in [5.41, 5.74) is 2.10. The van der Waals surface area contributed by atoms with Crippen LogP contribution in [0.4, 0.5) is 10.1 Å². The molecule has 4 heterocycles. The highest BCUT2D eigenvalue weighted by Gasteiger charge is 2.25. The lowest BCUT2D eigenvalue weighted by atomic mass is 10.1. The van der Waals surface area contributed by atoms with Crippen molar-refractivity contribution in [3.05, 3.63) is 47.0 Å². The van der Waals surface area contributed by atoms with Gasteiger partial charge >= 0.3 is 6.08 Å². The summed E-state index contributed by atoms with van der Waals surface area (Å²) in [6.07, 6.45) is 0.590. The van der Waals surface area contributed by atoms with Gasteiger partial charge in [-0.1, -0.05) is 0 Å². The number of hydrogen-bond donors (Lipinski definition) is 2. The van der Waals surface area contributed by atoms with Crippen LogP contribution in [0.2, 0.25) is 0 Å². The third kappa shape index (κ3) is 4.51. The molecule has 1 aliphatic heterocycles. The van der Waals surface area contributed by atoms with Gasteiger partial charge < -0.3 is 15.4 Å². The largest absolute Gasteiger partial charge is 0.420 e. The van der Waals surface area contributed by atoms with Gasteiger partial charge in [-0.3, -0.25) is 9.69 Å². The van der Waals surface area contributed by atoms with Gasteiger partial charge in [-0.05, 0) is 52.9 Å². The van der Waals surface area contributed by atoms with Crippen LogP contribution in [-0.4, -0.2) is 50.9 Å². The highest BCUT2D eigenvalue weighted by molar-refractivity contribution is 7.21. The molecule has 0 radical (unpaired) electrons. The average molecular weight is 495 g/mol. The lowest BCUT2D eigenvalue weighted by Crippen LogP contribution is -2.37. The van der Waals surface area contributed by atoms with Crippen LogP contribution in [0.1, 0.15) is 42.9 Å². The molecule has 0 unspecified atom stereocenters. The number of thiophene rings is 1. The van der Waals surface area contributed by atoms with Gasteiger partial charge in [0, 0.05) is 58.0 Å². The van der Waals surface area contributed by atoms with E-state index in [2.05, 4.69) is 51.3 Å². The second-order valence-electron chi connectivity index (χ2n) is 9.81. The molecular formula is C25H27FN6O2S. The molecule has 0 aliphatic carbocycles. The number of nitrogens with one attached hydrogen (secondary N) is 2. The van der Waals surface area contributed by atoms with E-state index in [0.29, 0.717) is 34.9 Å². The maximum Gasteiger partial charge on any atom is 0.311 e. The van der Waals surface area contributed by atoms with Crippen LogP contribution in [0.25, 0.3) is 21.0 Å². The first kappa shape index (κ1) is 23.4. The molecule has 0 spiro atoms. The molecule has 8 nitrogen and oxygen atoms in total. The molecule has 1 aliphatic rings. The number of hydrogen-bond acceptors (Lipinski definition) is 8. The average Bonchev–Trinajstić information content (AvgIpc) is 3.11. The van der Waals surface area contributed by atoms with Crippen LogP contribution in [0.3, 0.4) is 0 Å². The van der Waals surface area contributed by atoms with Crippen molar-refractivity contribution in [2.45, 2.75) is 45.8 Å². The molecule has 0 saturated carbocycles. The number of amides is 1. The van der Waals surface area contributed by atoms with E-state index in [9.17, 15) is 9.18 Å². The van der Waals surface area contributed by atoms with E-state index in [1.54, 1.807) is 6.07 Å². The molecule has 3 aromatic heterocycles. The minimum atomic E-state index is -0.857. The number of ether oxygens (including phenoxy) is 1. The molecule has 4 aromatic rings. The summed E-state index contributed by atoms with van der Waals surface area (Å²) in [5.74, 6) is 0.367. The molecule has 0 fully saturated rings. The molecule has 1 amide bonds. The molecule has 10 heteroatoms. The van der Waals surface area contributed by atoms with Gasteiger partial charge in [0.25, 0.3) is 5.91 Å². The predicted molar refractivity (Wildman–Crippen MR) is 136 cm³/mol. The number of benzene rings is 1. The first-order valence-corrected chi connectivity index (χ1v) is 12.2. The molecule has 1 aromatic carbocycles. The van der Waals surface area contributed by atoms with Gasteiger partial charge in [0.05, 0.1) is 11.2 Å². The van der Waals surface area contributed by atoms with Crippen LogP contribution in [0.5, 0.6) is 11.8 Å². The first-order valence-electron chi connectivity index (χ1n) is 11.4. The number of halogens is 1. The Morgan fingerprint density at radius 1 is 1.23 bits per heavy atom. The summed E-state index contributed by atoms with van der Waals surface area (Å²) in [4.78, 5) is 27.7. The number of pyridine rings is 1. The Morgan fingerprint density at radius 2 is 2.03 bits per heavy atom. The number of rotatable bonds is 4. The molecule has 1 atom stereocenters. The first-order chi connectivity index (χ1) is 16.6. The van der Waals surface area contributed by atoms with E-state index in [-0.39, 0.29) is 23.4 Å². The summed E-state index contributed by atoms with van der Waals surface area (Å²) < 4.78 is 20.9. The van der Waals surface area contributed by atoms with Crippen molar-refractivity contribution in [3.63, 3.8) is 0 Å². The maximum absolute atomic E-state index is 13.9. The Kier molecular flexibility index (Phi) is 5.80.